The molecular weight excluding hydrogens is 803 g/mol. The average molecular weight is 911 g/mol. The maximum Gasteiger partial charge on any atom is 0.174 e. The highest BCUT2D eigenvalue weighted by Crippen LogP contribution is 2.36. The molecule has 362 valence electrons. The Kier molecular flexibility index (Phi) is 39.0. The lowest BCUT2D eigenvalue weighted by molar-refractivity contribution is 0.141. The minimum atomic E-state index is 0.0538. The Hall–Kier alpha value is 0.01000. The summed E-state index contributed by atoms with van der Waals surface area (Å²) in [7, 11) is 0. The quantitative estimate of drug-likeness (QED) is 0.0386. The summed E-state index contributed by atoms with van der Waals surface area (Å²) >= 11 is 9.73. The number of hydrogen-bond acceptors (Lipinski definition) is 6. The average Bonchev–Trinajstić information content (AvgIpc) is 3.68. The summed E-state index contributed by atoms with van der Waals surface area (Å²) < 4.78 is 6.21. The van der Waals surface area contributed by atoms with Crippen molar-refractivity contribution in [1.82, 2.24) is 23.5 Å². The van der Waals surface area contributed by atoms with Gasteiger partial charge in [0.05, 0.1) is 0 Å². The highest BCUT2D eigenvalue weighted by molar-refractivity contribution is 7.97. The van der Waals surface area contributed by atoms with Crippen LogP contribution in [-0.4, -0.2) is 80.8 Å². The van der Waals surface area contributed by atoms with Crippen molar-refractivity contribution in [3.8, 4) is 0 Å². The van der Waals surface area contributed by atoms with Crippen molar-refractivity contribution in [2.75, 3.05) is 57.3 Å². The second kappa shape index (κ2) is 40.3. The van der Waals surface area contributed by atoms with Gasteiger partial charge in [-0.25, -0.2) is 0 Å². The number of imidazole rings is 1. The van der Waals surface area contributed by atoms with Gasteiger partial charge in [-0.15, -0.1) is 0 Å². The van der Waals surface area contributed by atoms with E-state index in [0.29, 0.717) is 0 Å². The monoisotopic (exact) mass is 910 g/mol. The lowest BCUT2D eigenvalue weighted by Crippen LogP contribution is -2.39. The number of hydrogen-bond donors (Lipinski definition) is 2. The van der Waals surface area contributed by atoms with Crippen LogP contribution < -0.4 is 0 Å². The van der Waals surface area contributed by atoms with Gasteiger partial charge in [-0.1, -0.05) is 221 Å². The first-order chi connectivity index (χ1) is 29.6. The molecule has 0 aliphatic rings. The van der Waals surface area contributed by atoms with Crippen LogP contribution in [0.3, 0.4) is 0 Å². The molecule has 61 heavy (non-hydrogen) atoms. The topological polar surface area (TPSA) is 41.3 Å². The Labute approximate surface area is 396 Å². The molecule has 1 aromatic rings. The largest absolute Gasteiger partial charge is 0.337 e. The van der Waals surface area contributed by atoms with Gasteiger partial charge >= 0.3 is 0 Å². The van der Waals surface area contributed by atoms with Gasteiger partial charge in [-0.3, -0.25) is 8.61 Å². The van der Waals surface area contributed by atoms with Crippen LogP contribution in [0, 0.1) is 10.2 Å². The zero-order valence-electron chi connectivity index (χ0n) is 42.4. The van der Waals surface area contributed by atoms with Crippen LogP contribution in [0.15, 0.2) is 6.20 Å². The number of rotatable bonds is 47. The van der Waals surface area contributed by atoms with Gasteiger partial charge in [0.25, 0.3) is 0 Å². The number of unbranched alkanes of at least 4 members (excludes halogenated alkanes) is 24. The van der Waals surface area contributed by atoms with Crippen LogP contribution in [0.25, 0.3) is 0 Å². The van der Waals surface area contributed by atoms with Crippen molar-refractivity contribution < 1.29 is 0 Å². The SMILES string of the molecule is CCCCCCCCN(CCCCCC)SCCCCCCCN(CCCCCCCSN(CCCCCC)CCCCCCCC)CC(C)(C)CC(C)(C)c1c[nH]c(=S)[nH]1. The van der Waals surface area contributed by atoms with Gasteiger partial charge in [-0.2, -0.15) is 0 Å². The third-order valence-corrected chi connectivity index (χ3v) is 15.3. The Bertz CT molecular complexity index is 1070. The number of nitrogens with zero attached hydrogens (tertiary/aromatic N) is 3. The highest BCUT2D eigenvalue weighted by atomic mass is 32.2. The second-order valence-electron chi connectivity index (χ2n) is 20.4. The van der Waals surface area contributed by atoms with Gasteiger partial charge in [-0.05, 0) is 88.5 Å². The number of aromatic nitrogens is 2. The molecule has 0 radical (unpaired) electrons. The van der Waals surface area contributed by atoms with Crippen molar-refractivity contribution in [2.45, 2.75) is 260 Å². The fraction of sp³-hybridized carbons (Fsp3) is 0.943. The summed E-state index contributed by atoms with van der Waals surface area (Å²) in [6.45, 7) is 27.9. The van der Waals surface area contributed by atoms with E-state index in [1.165, 1.54) is 256 Å². The van der Waals surface area contributed by atoms with Crippen molar-refractivity contribution in [2.24, 2.45) is 5.41 Å². The van der Waals surface area contributed by atoms with E-state index < -0.39 is 0 Å². The van der Waals surface area contributed by atoms with Crippen molar-refractivity contribution in [3.05, 3.63) is 16.7 Å². The lowest BCUT2D eigenvalue weighted by Gasteiger charge is -2.38. The fourth-order valence-corrected chi connectivity index (χ4v) is 11.7. The van der Waals surface area contributed by atoms with Crippen molar-refractivity contribution in [3.63, 3.8) is 0 Å². The molecule has 1 rings (SSSR count). The summed E-state index contributed by atoms with van der Waals surface area (Å²) in [6.07, 6.45) is 44.7. The number of nitrogens with one attached hydrogen (secondary N) is 2. The molecule has 8 heteroatoms. The molecular formula is C53H107N5S3. The number of aromatic amines is 2. The Morgan fingerprint density at radius 3 is 1.15 bits per heavy atom. The predicted molar refractivity (Wildman–Crippen MR) is 283 cm³/mol. The van der Waals surface area contributed by atoms with Crippen LogP contribution in [0.1, 0.15) is 260 Å². The minimum Gasteiger partial charge on any atom is -0.337 e. The Morgan fingerprint density at radius 2 is 0.787 bits per heavy atom. The van der Waals surface area contributed by atoms with E-state index in [1.807, 2.05) is 0 Å². The summed E-state index contributed by atoms with van der Waals surface area (Å²) in [5.41, 5.74) is 1.51. The fourth-order valence-electron chi connectivity index (χ4n) is 9.29. The molecule has 0 aromatic carbocycles. The van der Waals surface area contributed by atoms with E-state index >= 15 is 0 Å². The minimum absolute atomic E-state index is 0.0538. The molecule has 1 aromatic heterocycles. The summed E-state index contributed by atoms with van der Waals surface area (Å²) in [4.78, 5) is 9.49. The zero-order chi connectivity index (χ0) is 44.7. The molecule has 5 nitrogen and oxygen atoms in total. The van der Waals surface area contributed by atoms with Gasteiger partial charge in [0.2, 0.25) is 0 Å². The van der Waals surface area contributed by atoms with Gasteiger partial charge < -0.3 is 14.9 Å². The molecule has 2 N–H and O–H groups in total. The Morgan fingerprint density at radius 1 is 0.459 bits per heavy atom. The van der Waals surface area contributed by atoms with Crippen LogP contribution in [0.5, 0.6) is 0 Å². The first-order valence-electron chi connectivity index (χ1n) is 26.8. The maximum atomic E-state index is 5.40. The van der Waals surface area contributed by atoms with Gasteiger partial charge in [0.1, 0.15) is 0 Å². The van der Waals surface area contributed by atoms with Gasteiger partial charge in [0, 0.05) is 61.5 Å². The summed E-state index contributed by atoms with van der Waals surface area (Å²) in [5.74, 6) is 2.61. The van der Waals surface area contributed by atoms with E-state index in [9.17, 15) is 0 Å². The predicted octanol–water partition coefficient (Wildman–Crippen LogP) is 17.8. The van der Waals surface area contributed by atoms with E-state index in [4.69, 9.17) is 12.2 Å². The summed E-state index contributed by atoms with van der Waals surface area (Å²) in [5, 5.41) is 0. The van der Waals surface area contributed by atoms with E-state index in [1.54, 1.807) is 0 Å². The molecule has 0 spiro atoms. The standard InChI is InChI=1S/C53H107N5S3/c1-9-13-17-21-27-35-43-57(41-33-19-15-11-3)60-45-37-29-23-25-31-39-56(49-52(5,6)48-53(7,8)50-47-54-51(59)55-50)40-32-26-24-30-38-46-61-58(42-34-20-16-12-4)44-36-28-22-18-14-10-2/h47H,9-46,48-49H2,1-8H3,(H2,54,55,59). The zero-order valence-corrected chi connectivity index (χ0v) is 44.9. The molecule has 0 aliphatic carbocycles. The first-order valence-corrected chi connectivity index (χ1v) is 29.1. The van der Waals surface area contributed by atoms with Crippen LogP contribution in [0.4, 0.5) is 0 Å². The second-order valence-corrected chi connectivity index (χ2v) is 23.1. The van der Waals surface area contributed by atoms with Gasteiger partial charge in [0.15, 0.2) is 4.77 Å². The molecule has 0 amide bonds. The number of H-pyrrole nitrogens is 2. The molecule has 0 saturated carbocycles. The molecule has 0 fully saturated rings. The third-order valence-electron chi connectivity index (χ3n) is 12.7. The normalized spacial score (nSPS) is 12.6. The molecule has 0 aliphatic heterocycles. The van der Waals surface area contributed by atoms with Crippen LogP contribution >= 0.6 is 36.1 Å². The Balaban J connectivity index is 2.55. The molecule has 1 heterocycles. The van der Waals surface area contributed by atoms with E-state index in [0.717, 1.165) is 11.2 Å². The summed E-state index contributed by atoms with van der Waals surface area (Å²) in [6, 6.07) is 0. The van der Waals surface area contributed by atoms with Crippen molar-refractivity contribution in [1.29, 1.82) is 0 Å². The van der Waals surface area contributed by atoms with Crippen LogP contribution in [-0.2, 0) is 5.41 Å². The maximum absolute atomic E-state index is 5.40. The van der Waals surface area contributed by atoms with E-state index in [-0.39, 0.29) is 10.8 Å². The van der Waals surface area contributed by atoms with E-state index in [2.05, 4.69) is 109 Å². The molecule has 0 unspecified atom stereocenters. The lowest BCUT2D eigenvalue weighted by atomic mass is 9.73. The third kappa shape index (κ3) is 35.0. The first kappa shape index (κ1) is 59.0. The molecule has 0 bridgehead atoms. The van der Waals surface area contributed by atoms with Crippen molar-refractivity contribution >= 4 is 36.1 Å². The molecule has 0 atom stereocenters. The smallest absolute Gasteiger partial charge is 0.174 e. The molecule has 0 saturated heterocycles. The highest BCUT2D eigenvalue weighted by Gasteiger charge is 2.32. The van der Waals surface area contributed by atoms with Crippen LogP contribution in [0.2, 0.25) is 0 Å².